The molecule has 208 valence electrons. The van der Waals surface area contributed by atoms with Crippen molar-refractivity contribution in [2.75, 3.05) is 0 Å². The number of hydrogen-bond donors (Lipinski definition) is 2. The minimum atomic E-state index is -0.618. The fourth-order valence-corrected chi connectivity index (χ4v) is 6.40. The lowest BCUT2D eigenvalue weighted by Gasteiger charge is -2.38. The monoisotopic (exact) mass is 541 g/mol. The van der Waals surface area contributed by atoms with Gasteiger partial charge in [0.2, 0.25) is 0 Å². The highest BCUT2D eigenvalue weighted by Gasteiger charge is 2.43. The largest absolute Gasteiger partial charge is 0.508 e. The van der Waals surface area contributed by atoms with Crippen LogP contribution >= 0.6 is 0 Å². The molecule has 1 fully saturated rings. The number of aromatic hydroxyl groups is 1. The van der Waals surface area contributed by atoms with Gasteiger partial charge in [-0.3, -0.25) is 4.79 Å². The van der Waals surface area contributed by atoms with Gasteiger partial charge in [-0.15, -0.1) is 0 Å². The van der Waals surface area contributed by atoms with Crippen LogP contribution in [0.1, 0.15) is 76.2 Å². The predicted octanol–water partition coefficient (Wildman–Crippen LogP) is 6.47. The second-order valence-electron chi connectivity index (χ2n) is 11.0. The van der Waals surface area contributed by atoms with Gasteiger partial charge in [-0.25, -0.2) is 4.79 Å². The number of phenolic OH excluding ortho intramolecular Hbond substituents is 1. The number of dihydropyridines is 1. The number of esters is 1. The third kappa shape index (κ3) is 5.12. The fourth-order valence-electron chi connectivity index (χ4n) is 6.40. The van der Waals surface area contributed by atoms with Gasteiger partial charge in [0.15, 0.2) is 11.5 Å². The standard InChI is InChI=1S/C33H35NO6/c1-2-25-32(33(37)39-24-13-6-7-14-24)30(21-11-8-12-23(35)15-21)31-26(34-25)16-22(17-27(31)36)29-19-38-18-28(40-29)20-9-4-3-5-10-20/h3-4,8-9,11-12,15,18-19,22,24,30,34-35H,2,5-7,10,13-14,16-17H2,1H3. The summed E-state index contributed by atoms with van der Waals surface area (Å²) in [7, 11) is 0. The van der Waals surface area contributed by atoms with Crippen LogP contribution in [-0.4, -0.2) is 23.0 Å². The summed E-state index contributed by atoms with van der Waals surface area (Å²) in [6.07, 6.45) is 16.2. The number of ether oxygens (including phenoxy) is 3. The number of allylic oxidation sites excluding steroid dienone is 8. The summed E-state index contributed by atoms with van der Waals surface area (Å²) >= 11 is 0. The number of ketones is 1. The van der Waals surface area contributed by atoms with E-state index in [4.69, 9.17) is 14.2 Å². The van der Waals surface area contributed by atoms with Crippen molar-refractivity contribution < 1.29 is 28.9 Å². The Bertz CT molecular complexity index is 1400. The predicted molar refractivity (Wildman–Crippen MR) is 149 cm³/mol. The van der Waals surface area contributed by atoms with Crippen LogP contribution in [0.25, 0.3) is 0 Å². The maximum Gasteiger partial charge on any atom is 0.337 e. The Morgan fingerprint density at radius 2 is 2.02 bits per heavy atom. The molecule has 6 rings (SSSR count). The smallest absolute Gasteiger partial charge is 0.337 e. The molecule has 7 heteroatoms. The van der Waals surface area contributed by atoms with E-state index in [9.17, 15) is 14.7 Å². The molecule has 0 bridgehead atoms. The van der Waals surface area contributed by atoms with E-state index in [1.54, 1.807) is 30.7 Å². The van der Waals surface area contributed by atoms with Crippen molar-refractivity contribution >= 4 is 11.8 Å². The maximum atomic E-state index is 13.9. The van der Waals surface area contributed by atoms with E-state index < -0.39 is 5.92 Å². The summed E-state index contributed by atoms with van der Waals surface area (Å²) in [5.74, 6) is 0.109. The molecule has 2 heterocycles. The van der Waals surface area contributed by atoms with E-state index in [2.05, 4.69) is 11.4 Å². The number of carbonyl (C=O) groups is 2. The quantitative estimate of drug-likeness (QED) is 0.399. The van der Waals surface area contributed by atoms with Gasteiger partial charge in [0, 0.05) is 35.2 Å². The fraction of sp³-hybridized carbons (Fsp3) is 0.394. The highest BCUT2D eigenvalue weighted by molar-refractivity contribution is 6.04. The number of carbonyl (C=O) groups excluding carboxylic acids is 2. The third-order valence-corrected chi connectivity index (χ3v) is 8.38. The summed E-state index contributed by atoms with van der Waals surface area (Å²) in [6, 6.07) is 6.84. The SMILES string of the molecule is CCC1=C(C(=O)OC2CCCC2)C(c2cccc(O)c2)C2=C(CC(C3=COC=C(C4=CC=CCC4)O3)CC2=O)N1. The first-order valence-electron chi connectivity index (χ1n) is 14.4. The summed E-state index contributed by atoms with van der Waals surface area (Å²) in [6.45, 7) is 1.99. The van der Waals surface area contributed by atoms with Gasteiger partial charge in [0.1, 0.15) is 30.1 Å². The van der Waals surface area contributed by atoms with Gasteiger partial charge in [-0.05, 0) is 74.6 Å². The van der Waals surface area contributed by atoms with Gasteiger partial charge >= 0.3 is 5.97 Å². The zero-order chi connectivity index (χ0) is 27.6. The van der Waals surface area contributed by atoms with Crippen molar-refractivity contribution in [1.82, 2.24) is 5.32 Å². The maximum absolute atomic E-state index is 13.9. The Kier molecular flexibility index (Phi) is 7.37. The number of rotatable bonds is 6. The molecule has 0 saturated heterocycles. The molecule has 1 aromatic rings. The molecule has 2 atom stereocenters. The van der Waals surface area contributed by atoms with Gasteiger partial charge < -0.3 is 24.6 Å². The van der Waals surface area contributed by atoms with E-state index >= 15 is 0 Å². The Morgan fingerprint density at radius 3 is 2.77 bits per heavy atom. The Balaban J connectivity index is 1.33. The zero-order valence-corrected chi connectivity index (χ0v) is 22.8. The van der Waals surface area contributed by atoms with E-state index in [-0.39, 0.29) is 35.9 Å². The normalized spacial score (nSPS) is 24.8. The second kappa shape index (κ2) is 11.2. The molecule has 1 saturated carbocycles. The number of Topliss-reactive ketones (excluding diaryl/α,β-unsaturated/α-hetero) is 1. The molecule has 7 nitrogen and oxygen atoms in total. The summed E-state index contributed by atoms with van der Waals surface area (Å²) in [4.78, 5) is 27.6. The van der Waals surface area contributed by atoms with Crippen molar-refractivity contribution in [2.45, 2.75) is 76.7 Å². The molecule has 1 aromatic carbocycles. The van der Waals surface area contributed by atoms with Gasteiger partial charge in [-0.2, -0.15) is 0 Å². The van der Waals surface area contributed by atoms with Crippen molar-refractivity contribution in [2.24, 2.45) is 5.92 Å². The summed E-state index contributed by atoms with van der Waals surface area (Å²) < 4.78 is 17.9. The highest BCUT2D eigenvalue weighted by Crippen LogP contribution is 2.47. The molecule has 2 aliphatic heterocycles. The van der Waals surface area contributed by atoms with Crippen LogP contribution in [0.4, 0.5) is 0 Å². The summed E-state index contributed by atoms with van der Waals surface area (Å²) in [5, 5.41) is 13.8. The number of phenols is 1. The molecule has 2 N–H and O–H groups in total. The molecule has 5 aliphatic rings. The van der Waals surface area contributed by atoms with Crippen molar-refractivity contribution in [3.63, 3.8) is 0 Å². The highest BCUT2D eigenvalue weighted by atomic mass is 16.5. The van der Waals surface area contributed by atoms with Crippen molar-refractivity contribution in [3.05, 3.63) is 100 Å². The second-order valence-corrected chi connectivity index (χ2v) is 11.0. The van der Waals surface area contributed by atoms with Crippen LogP contribution in [0.2, 0.25) is 0 Å². The number of nitrogens with one attached hydrogen (secondary N) is 1. The lowest BCUT2D eigenvalue weighted by molar-refractivity contribution is -0.144. The molecule has 2 unspecified atom stereocenters. The topological polar surface area (TPSA) is 94.1 Å². The van der Waals surface area contributed by atoms with Crippen LogP contribution < -0.4 is 5.32 Å². The minimum absolute atomic E-state index is 0.0613. The Hall–Kier alpha value is -4.00. The molecular formula is C33H35NO6. The average Bonchev–Trinajstić information content (AvgIpc) is 3.49. The van der Waals surface area contributed by atoms with E-state index in [0.29, 0.717) is 41.1 Å². The van der Waals surface area contributed by atoms with Crippen LogP contribution in [-0.2, 0) is 23.8 Å². The zero-order valence-electron chi connectivity index (χ0n) is 22.8. The first kappa shape index (κ1) is 26.2. The first-order chi connectivity index (χ1) is 19.5. The van der Waals surface area contributed by atoms with Gasteiger partial charge in [0.25, 0.3) is 0 Å². The van der Waals surface area contributed by atoms with Crippen molar-refractivity contribution in [1.29, 1.82) is 0 Å². The van der Waals surface area contributed by atoms with Crippen LogP contribution in [0, 0.1) is 5.92 Å². The summed E-state index contributed by atoms with van der Waals surface area (Å²) in [5.41, 5.74) is 4.32. The van der Waals surface area contributed by atoms with E-state index in [1.807, 2.05) is 25.1 Å². The number of hydrogen-bond acceptors (Lipinski definition) is 7. The molecule has 0 amide bonds. The average molecular weight is 542 g/mol. The number of benzene rings is 1. The van der Waals surface area contributed by atoms with E-state index in [1.165, 1.54) is 0 Å². The molecule has 0 aromatic heterocycles. The lowest BCUT2D eigenvalue weighted by Crippen LogP contribution is -2.38. The van der Waals surface area contributed by atoms with Crippen LogP contribution in [0.3, 0.4) is 0 Å². The lowest BCUT2D eigenvalue weighted by atomic mass is 9.72. The van der Waals surface area contributed by atoms with Gasteiger partial charge in [-0.1, -0.05) is 37.3 Å². The van der Waals surface area contributed by atoms with Crippen LogP contribution in [0.5, 0.6) is 5.75 Å². The molecular weight excluding hydrogens is 506 g/mol. The minimum Gasteiger partial charge on any atom is -0.508 e. The first-order valence-corrected chi connectivity index (χ1v) is 14.4. The Labute approximate surface area is 234 Å². The third-order valence-electron chi connectivity index (χ3n) is 8.38. The van der Waals surface area contributed by atoms with Gasteiger partial charge in [0.05, 0.1) is 5.57 Å². The molecule has 0 spiro atoms. The Morgan fingerprint density at radius 1 is 1.18 bits per heavy atom. The van der Waals surface area contributed by atoms with Crippen molar-refractivity contribution in [3.8, 4) is 5.75 Å². The molecule has 3 aliphatic carbocycles. The van der Waals surface area contributed by atoms with Crippen LogP contribution in [0.15, 0.2) is 94.6 Å². The van der Waals surface area contributed by atoms with E-state index in [0.717, 1.165) is 55.5 Å². The molecule has 40 heavy (non-hydrogen) atoms. The molecule has 0 radical (unpaired) electrons.